The minimum atomic E-state index is -0.911. The van der Waals surface area contributed by atoms with Crippen molar-refractivity contribution in [2.45, 2.75) is 38.1 Å². The van der Waals surface area contributed by atoms with Gasteiger partial charge in [0, 0.05) is 55.6 Å². The van der Waals surface area contributed by atoms with Crippen molar-refractivity contribution in [1.29, 1.82) is 0 Å². The molecule has 5 rings (SSSR count). The summed E-state index contributed by atoms with van der Waals surface area (Å²) < 4.78 is 0. The maximum absolute atomic E-state index is 14.2. The lowest BCUT2D eigenvalue weighted by atomic mass is 9.81. The van der Waals surface area contributed by atoms with Gasteiger partial charge in [-0.25, -0.2) is 15.1 Å². The molecular weight excluding hydrogens is 601 g/mol. The summed E-state index contributed by atoms with van der Waals surface area (Å²) in [6.07, 6.45) is 6.96. The van der Waals surface area contributed by atoms with Crippen molar-refractivity contribution < 1.29 is 9.59 Å². The Hall–Kier alpha value is -4.06. The molecule has 1 atom stereocenters. The van der Waals surface area contributed by atoms with Crippen LogP contribution >= 0.6 is 24.0 Å². The van der Waals surface area contributed by atoms with Gasteiger partial charge in [0.25, 0.3) is 0 Å². The van der Waals surface area contributed by atoms with Crippen LogP contribution in [0.3, 0.4) is 0 Å². The van der Waals surface area contributed by atoms with E-state index in [0.29, 0.717) is 35.5 Å². The first kappa shape index (κ1) is 32.8. The first-order valence-electron chi connectivity index (χ1n) is 14.3. The molecule has 4 aromatic rings. The van der Waals surface area contributed by atoms with E-state index in [1.165, 1.54) is 0 Å². The third kappa shape index (κ3) is 7.53. The van der Waals surface area contributed by atoms with Gasteiger partial charge in [0.2, 0.25) is 23.0 Å². The number of H-pyrrole nitrogens is 1. The zero-order valence-electron chi connectivity index (χ0n) is 24.7. The summed E-state index contributed by atoms with van der Waals surface area (Å²) in [6.45, 7) is 0.612. The van der Waals surface area contributed by atoms with Crippen LogP contribution < -0.4 is 21.3 Å². The fraction of sp³-hybridized carbons (Fsp3) is 0.355. The number of nitrogens with zero attached hydrogens (tertiary/aromatic N) is 6. The van der Waals surface area contributed by atoms with Gasteiger partial charge >= 0.3 is 0 Å². The summed E-state index contributed by atoms with van der Waals surface area (Å²) in [4.78, 5) is 43.7. The van der Waals surface area contributed by atoms with E-state index in [1.807, 2.05) is 43.3 Å². The summed E-state index contributed by atoms with van der Waals surface area (Å²) in [5.41, 5.74) is 15.8. The van der Waals surface area contributed by atoms with Crippen LogP contribution in [-0.4, -0.2) is 63.6 Å². The molecule has 2 aromatic heterocycles. The number of nitrogens with two attached hydrogens (primary N) is 2. The first-order valence-corrected chi connectivity index (χ1v) is 14.7. The fourth-order valence-electron chi connectivity index (χ4n) is 5.57. The molecule has 11 nitrogen and oxygen atoms in total. The number of carbonyl (C=O) groups is 2. The zero-order chi connectivity index (χ0) is 30.5. The lowest BCUT2D eigenvalue weighted by Crippen LogP contribution is -2.52. The highest BCUT2D eigenvalue weighted by molar-refractivity contribution is 6.28. The van der Waals surface area contributed by atoms with Gasteiger partial charge in [-0.05, 0) is 85.1 Å². The average Bonchev–Trinajstić information content (AvgIpc) is 3.47. The van der Waals surface area contributed by atoms with Gasteiger partial charge in [-0.1, -0.05) is 24.3 Å². The summed E-state index contributed by atoms with van der Waals surface area (Å²) in [5, 5.41) is 6.90. The van der Waals surface area contributed by atoms with Gasteiger partial charge in [0.15, 0.2) is 5.82 Å². The lowest BCUT2D eigenvalue weighted by molar-refractivity contribution is -0.127. The van der Waals surface area contributed by atoms with Gasteiger partial charge in [-0.3, -0.25) is 14.5 Å². The number of carbonyl (C=O) groups excluding carboxylic acids is 2. The number of aromatic amines is 1. The molecule has 0 unspecified atom stereocenters. The van der Waals surface area contributed by atoms with Crippen molar-refractivity contribution in [3.63, 3.8) is 0 Å². The quantitative estimate of drug-likeness (QED) is 0.232. The minimum Gasteiger partial charge on any atom is -0.368 e. The van der Waals surface area contributed by atoms with Crippen LogP contribution in [-0.2, 0) is 16.0 Å². The van der Waals surface area contributed by atoms with E-state index in [0.717, 1.165) is 42.4 Å². The molecule has 44 heavy (non-hydrogen) atoms. The lowest BCUT2D eigenvalue weighted by Gasteiger charge is -2.35. The summed E-state index contributed by atoms with van der Waals surface area (Å²) in [6, 6.07) is 14.1. The van der Waals surface area contributed by atoms with E-state index in [-0.39, 0.29) is 35.9 Å². The van der Waals surface area contributed by atoms with Crippen molar-refractivity contribution >= 4 is 47.5 Å². The number of benzene rings is 2. The Bertz CT molecular complexity index is 1550. The second-order valence-corrected chi connectivity index (χ2v) is 11.5. The predicted octanol–water partition coefficient (Wildman–Crippen LogP) is 4.26. The molecule has 0 saturated heterocycles. The van der Waals surface area contributed by atoms with Crippen molar-refractivity contribution in [1.82, 2.24) is 25.1 Å². The van der Waals surface area contributed by atoms with Gasteiger partial charge in [-0.15, -0.1) is 12.4 Å². The molecule has 2 aromatic carbocycles. The molecular formula is C31H37Cl2N9O2. The van der Waals surface area contributed by atoms with Gasteiger partial charge in [0.1, 0.15) is 6.04 Å². The number of primary amides is 1. The number of halogens is 2. The molecule has 1 aliphatic rings. The third-order valence-electron chi connectivity index (χ3n) is 8.00. The number of hydrogen-bond acceptors (Lipinski definition) is 8. The summed E-state index contributed by atoms with van der Waals surface area (Å²) in [5.74, 6) is 0.529. The van der Waals surface area contributed by atoms with Crippen molar-refractivity contribution in [3.8, 4) is 22.5 Å². The molecule has 0 bridgehead atoms. The number of rotatable bonds is 10. The summed E-state index contributed by atoms with van der Waals surface area (Å²) in [7, 11) is 3.77. The standard InChI is InChI=1S/C31H36ClN9O2.ClH/c1-40(2)31-35-17-24(18-36-31)23-5-3-4-20(14-23)15-26(27(34)42)41(29(43)22-8-6-19(16-33)7-9-22)25-12-10-21(11-13-25)28-37-30(32)39-38-28;/h3-5,10-14,17-19,22,26H,6-9,15-16,33H2,1-2H3,(H2,34,42)(H,37,38,39);1H/t19?,22?,26-;/m0./s1. The molecule has 2 amide bonds. The Morgan fingerprint density at radius 1 is 1.00 bits per heavy atom. The fourth-order valence-corrected chi connectivity index (χ4v) is 5.69. The van der Waals surface area contributed by atoms with Crippen LogP contribution in [0, 0.1) is 11.8 Å². The van der Waals surface area contributed by atoms with Gasteiger partial charge in [-0.2, -0.15) is 10.1 Å². The smallest absolute Gasteiger partial charge is 0.240 e. The van der Waals surface area contributed by atoms with E-state index < -0.39 is 11.9 Å². The number of anilines is 2. The van der Waals surface area contributed by atoms with Crippen LogP contribution in [0.15, 0.2) is 60.9 Å². The highest BCUT2D eigenvalue weighted by atomic mass is 35.5. The van der Waals surface area contributed by atoms with E-state index >= 15 is 0 Å². The maximum atomic E-state index is 14.2. The predicted molar refractivity (Wildman–Crippen MR) is 175 cm³/mol. The topological polar surface area (TPSA) is 160 Å². The van der Waals surface area contributed by atoms with Crippen LogP contribution in [0.2, 0.25) is 5.28 Å². The number of aromatic nitrogens is 5. The van der Waals surface area contributed by atoms with Crippen molar-refractivity contribution in [2.75, 3.05) is 30.4 Å². The maximum Gasteiger partial charge on any atom is 0.240 e. The average molecular weight is 639 g/mol. The van der Waals surface area contributed by atoms with Crippen LogP contribution in [0.5, 0.6) is 0 Å². The van der Waals surface area contributed by atoms with Gasteiger partial charge < -0.3 is 16.4 Å². The number of amides is 2. The van der Waals surface area contributed by atoms with E-state index in [1.54, 1.807) is 41.6 Å². The molecule has 232 valence electrons. The normalized spacial score (nSPS) is 16.9. The minimum absolute atomic E-state index is 0. The van der Waals surface area contributed by atoms with Crippen LogP contribution in [0.25, 0.3) is 22.5 Å². The van der Waals surface area contributed by atoms with Crippen LogP contribution in [0.1, 0.15) is 31.2 Å². The van der Waals surface area contributed by atoms with Crippen molar-refractivity contribution in [3.05, 3.63) is 71.8 Å². The first-order chi connectivity index (χ1) is 20.7. The highest BCUT2D eigenvalue weighted by Crippen LogP contribution is 2.33. The van der Waals surface area contributed by atoms with Gasteiger partial charge in [0.05, 0.1) is 0 Å². The van der Waals surface area contributed by atoms with E-state index in [4.69, 9.17) is 23.1 Å². The SMILES string of the molecule is CN(C)c1ncc(-c2cccc(C[C@@H](C(N)=O)N(C(=O)C3CCC(CN)CC3)c3ccc(-c4n[nH]c(Cl)n4)cc3)c2)cn1.Cl. The number of nitrogens with one attached hydrogen (secondary N) is 1. The monoisotopic (exact) mass is 637 g/mol. The second kappa shape index (κ2) is 14.6. The molecule has 13 heteroatoms. The Balaban J connectivity index is 0.00000442. The Labute approximate surface area is 267 Å². The van der Waals surface area contributed by atoms with Crippen molar-refractivity contribution in [2.24, 2.45) is 23.3 Å². The molecule has 0 aliphatic heterocycles. The molecule has 5 N–H and O–H groups in total. The van der Waals surface area contributed by atoms with E-state index in [2.05, 4.69) is 25.1 Å². The Kier molecular flexibility index (Phi) is 10.9. The Morgan fingerprint density at radius 3 is 2.25 bits per heavy atom. The molecule has 0 spiro atoms. The summed E-state index contributed by atoms with van der Waals surface area (Å²) >= 11 is 5.91. The molecule has 1 aliphatic carbocycles. The van der Waals surface area contributed by atoms with Crippen LogP contribution in [0.4, 0.5) is 11.6 Å². The van der Waals surface area contributed by atoms with E-state index in [9.17, 15) is 9.59 Å². The highest BCUT2D eigenvalue weighted by Gasteiger charge is 2.36. The largest absolute Gasteiger partial charge is 0.368 e. The second-order valence-electron chi connectivity index (χ2n) is 11.1. The number of hydrogen-bond donors (Lipinski definition) is 3. The third-order valence-corrected chi connectivity index (χ3v) is 8.17. The Morgan fingerprint density at radius 2 is 1.68 bits per heavy atom. The molecule has 0 radical (unpaired) electrons. The molecule has 2 heterocycles. The zero-order valence-corrected chi connectivity index (χ0v) is 26.3. The molecule has 1 fully saturated rings. The molecule has 1 saturated carbocycles.